The maximum absolute atomic E-state index is 14.3. The van der Waals surface area contributed by atoms with Crippen molar-refractivity contribution >= 4 is 5.69 Å². The highest BCUT2D eigenvalue weighted by Gasteiger charge is 2.18. The van der Waals surface area contributed by atoms with Crippen LogP contribution in [0.5, 0.6) is 0 Å². The van der Waals surface area contributed by atoms with Crippen molar-refractivity contribution in [2.45, 2.75) is 13.5 Å². The molecule has 0 aliphatic carbocycles. The van der Waals surface area contributed by atoms with Gasteiger partial charge in [0.05, 0.1) is 13.2 Å². The summed E-state index contributed by atoms with van der Waals surface area (Å²) in [5.74, 6) is -1.12. The molecule has 0 amide bonds. The molecule has 0 spiro atoms. The fourth-order valence-corrected chi connectivity index (χ4v) is 2.03. The van der Waals surface area contributed by atoms with Gasteiger partial charge in [-0.2, -0.15) is 0 Å². The maximum atomic E-state index is 14.3. The molecule has 0 heterocycles. The molecule has 0 aliphatic rings. The largest absolute Gasteiger partial charge is 0.383 e. The minimum Gasteiger partial charge on any atom is -0.383 e. The molecule has 1 aromatic rings. The van der Waals surface area contributed by atoms with Gasteiger partial charge in [-0.1, -0.05) is 6.92 Å². The van der Waals surface area contributed by atoms with E-state index in [1.54, 1.807) is 19.1 Å². The zero-order chi connectivity index (χ0) is 15.7. The standard InChI is InChI=1S/C15H24F2N2O2/c1-4-18-11-12-9-13(16)15(14(17)10-12)19(5-7-20-2)6-8-21-3/h9-10,18H,4-8,11H2,1-3H3. The first-order valence-corrected chi connectivity index (χ1v) is 7.05. The van der Waals surface area contributed by atoms with Gasteiger partial charge >= 0.3 is 0 Å². The molecule has 21 heavy (non-hydrogen) atoms. The van der Waals surface area contributed by atoms with E-state index in [0.29, 0.717) is 38.4 Å². The first kappa shape index (κ1) is 17.8. The highest BCUT2D eigenvalue weighted by molar-refractivity contribution is 5.50. The van der Waals surface area contributed by atoms with Crippen LogP contribution in [0.1, 0.15) is 12.5 Å². The Kier molecular flexibility index (Phi) is 8.19. The lowest BCUT2D eigenvalue weighted by molar-refractivity contribution is 0.189. The van der Waals surface area contributed by atoms with Crippen molar-refractivity contribution < 1.29 is 18.3 Å². The smallest absolute Gasteiger partial charge is 0.149 e. The van der Waals surface area contributed by atoms with E-state index in [-0.39, 0.29) is 5.69 Å². The monoisotopic (exact) mass is 302 g/mol. The molecule has 1 N–H and O–H groups in total. The van der Waals surface area contributed by atoms with E-state index in [1.165, 1.54) is 12.1 Å². The van der Waals surface area contributed by atoms with E-state index in [1.807, 2.05) is 6.92 Å². The number of benzene rings is 1. The Balaban J connectivity index is 2.95. The lowest BCUT2D eigenvalue weighted by Gasteiger charge is -2.25. The van der Waals surface area contributed by atoms with E-state index in [2.05, 4.69) is 5.32 Å². The first-order valence-electron chi connectivity index (χ1n) is 7.05. The number of ether oxygens (including phenoxy) is 2. The predicted molar refractivity (Wildman–Crippen MR) is 79.7 cm³/mol. The molecular formula is C15H24F2N2O2. The van der Waals surface area contributed by atoms with Crippen LogP contribution in [-0.2, 0) is 16.0 Å². The van der Waals surface area contributed by atoms with Crippen LogP contribution in [0.2, 0.25) is 0 Å². The van der Waals surface area contributed by atoms with Gasteiger partial charge in [0.1, 0.15) is 17.3 Å². The quantitative estimate of drug-likeness (QED) is 0.718. The normalized spacial score (nSPS) is 10.9. The molecule has 1 aromatic carbocycles. The van der Waals surface area contributed by atoms with E-state index in [9.17, 15) is 8.78 Å². The highest BCUT2D eigenvalue weighted by atomic mass is 19.1. The van der Waals surface area contributed by atoms with Gasteiger partial charge in [-0.15, -0.1) is 0 Å². The summed E-state index contributed by atoms with van der Waals surface area (Å²) in [7, 11) is 3.11. The summed E-state index contributed by atoms with van der Waals surface area (Å²) in [5, 5.41) is 3.05. The van der Waals surface area contributed by atoms with Crippen molar-refractivity contribution in [3.8, 4) is 0 Å². The fourth-order valence-electron chi connectivity index (χ4n) is 2.03. The fraction of sp³-hybridized carbons (Fsp3) is 0.600. The van der Waals surface area contributed by atoms with E-state index in [0.717, 1.165) is 6.54 Å². The molecule has 0 fully saturated rings. The van der Waals surface area contributed by atoms with Crippen LogP contribution in [-0.4, -0.2) is 47.1 Å². The summed E-state index contributed by atoms with van der Waals surface area (Å²) in [6.45, 7) is 4.72. The molecule has 0 aromatic heterocycles. The molecule has 0 atom stereocenters. The van der Waals surface area contributed by atoms with Crippen LogP contribution in [0.4, 0.5) is 14.5 Å². The van der Waals surface area contributed by atoms with Gasteiger partial charge in [0.2, 0.25) is 0 Å². The average molecular weight is 302 g/mol. The Labute approximate surface area is 125 Å². The highest BCUT2D eigenvalue weighted by Crippen LogP contribution is 2.25. The lowest BCUT2D eigenvalue weighted by Crippen LogP contribution is -2.32. The predicted octanol–water partition coefficient (Wildman–Crippen LogP) is 2.17. The molecular weight excluding hydrogens is 278 g/mol. The molecule has 0 saturated carbocycles. The van der Waals surface area contributed by atoms with E-state index < -0.39 is 11.6 Å². The zero-order valence-electron chi connectivity index (χ0n) is 12.9. The van der Waals surface area contributed by atoms with Crippen molar-refractivity contribution in [3.05, 3.63) is 29.3 Å². The number of methoxy groups -OCH3 is 2. The summed E-state index contributed by atoms with van der Waals surface area (Å²) in [6, 6.07) is 2.74. The third-order valence-corrected chi connectivity index (χ3v) is 3.10. The number of hydrogen-bond acceptors (Lipinski definition) is 4. The van der Waals surface area contributed by atoms with Gasteiger partial charge in [0, 0.05) is 33.9 Å². The van der Waals surface area contributed by atoms with Gasteiger partial charge < -0.3 is 19.7 Å². The van der Waals surface area contributed by atoms with Gasteiger partial charge in [0.25, 0.3) is 0 Å². The maximum Gasteiger partial charge on any atom is 0.149 e. The Morgan fingerprint density at radius 3 is 2.00 bits per heavy atom. The lowest BCUT2D eigenvalue weighted by atomic mass is 10.1. The Morgan fingerprint density at radius 2 is 1.57 bits per heavy atom. The number of nitrogens with one attached hydrogen (secondary N) is 1. The second kappa shape index (κ2) is 9.65. The second-order valence-electron chi connectivity index (χ2n) is 4.66. The molecule has 0 unspecified atom stereocenters. The average Bonchev–Trinajstić information content (AvgIpc) is 2.46. The summed E-state index contributed by atoms with van der Waals surface area (Å²) in [6.07, 6.45) is 0. The van der Waals surface area contributed by atoms with Crippen molar-refractivity contribution in [1.82, 2.24) is 5.32 Å². The van der Waals surface area contributed by atoms with Crippen LogP contribution in [0, 0.1) is 11.6 Å². The van der Waals surface area contributed by atoms with Gasteiger partial charge in [0.15, 0.2) is 0 Å². The topological polar surface area (TPSA) is 33.7 Å². The van der Waals surface area contributed by atoms with Crippen LogP contribution in [0.25, 0.3) is 0 Å². The summed E-state index contributed by atoms with van der Waals surface area (Å²) in [4.78, 5) is 1.61. The van der Waals surface area contributed by atoms with Crippen molar-refractivity contribution in [2.75, 3.05) is 52.0 Å². The van der Waals surface area contributed by atoms with E-state index in [4.69, 9.17) is 9.47 Å². The van der Waals surface area contributed by atoms with Gasteiger partial charge in [-0.3, -0.25) is 0 Å². The van der Waals surface area contributed by atoms with Crippen molar-refractivity contribution in [3.63, 3.8) is 0 Å². The molecule has 0 bridgehead atoms. The third kappa shape index (κ3) is 5.57. The SMILES string of the molecule is CCNCc1cc(F)c(N(CCOC)CCOC)c(F)c1. The van der Waals surface area contributed by atoms with Crippen LogP contribution < -0.4 is 10.2 Å². The molecule has 0 saturated heterocycles. The van der Waals surface area contributed by atoms with E-state index >= 15 is 0 Å². The Morgan fingerprint density at radius 1 is 1.05 bits per heavy atom. The second-order valence-corrected chi connectivity index (χ2v) is 4.66. The summed E-state index contributed by atoms with van der Waals surface area (Å²) >= 11 is 0. The number of nitrogens with zero attached hydrogens (tertiary/aromatic N) is 1. The minimum atomic E-state index is -0.560. The van der Waals surface area contributed by atoms with Gasteiger partial charge in [-0.25, -0.2) is 8.78 Å². The number of hydrogen-bond donors (Lipinski definition) is 1. The van der Waals surface area contributed by atoms with Crippen LogP contribution in [0.15, 0.2) is 12.1 Å². The van der Waals surface area contributed by atoms with Crippen LogP contribution in [0.3, 0.4) is 0 Å². The Bertz CT molecular complexity index is 399. The minimum absolute atomic E-state index is 0.0238. The first-order chi connectivity index (χ1) is 10.1. The summed E-state index contributed by atoms with van der Waals surface area (Å²) in [5.41, 5.74) is 0.568. The molecule has 0 radical (unpaired) electrons. The third-order valence-electron chi connectivity index (χ3n) is 3.10. The van der Waals surface area contributed by atoms with Crippen molar-refractivity contribution in [2.24, 2.45) is 0 Å². The van der Waals surface area contributed by atoms with Crippen molar-refractivity contribution in [1.29, 1.82) is 0 Å². The molecule has 120 valence electrons. The molecule has 1 rings (SSSR count). The molecule has 4 nitrogen and oxygen atoms in total. The summed E-state index contributed by atoms with van der Waals surface area (Å²) < 4.78 is 38.5. The number of halogens is 2. The Hall–Kier alpha value is -1.24. The van der Waals surface area contributed by atoms with Crippen LogP contribution >= 0.6 is 0 Å². The molecule has 0 aliphatic heterocycles. The molecule has 6 heteroatoms. The number of rotatable bonds is 10. The number of anilines is 1. The van der Waals surface area contributed by atoms with Gasteiger partial charge in [-0.05, 0) is 24.2 Å². The zero-order valence-corrected chi connectivity index (χ0v) is 12.9.